The molecule has 0 bridgehead atoms. The highest BCUT2D eigenvalue weighted by atomic mass is 79.9. The predicted molar refractivity (Wildman–Crippen MR) is 74.7 cm³/mol. The summed E-state index contributed by atoms with van der Waals surface area (Å²) < 4.78 is 27.6. The molecule has 1 heterocycles. The normalized spacial score (nSPS) is 18.9. The Morgan fingerprint density at radius 1 is 1.47 bits per heavy atom. The van der Waals surface area contributed by atoms with Gasteiger partial charge in [0.1, 0.15) is 11.4 Å². The second-order valence-corrected chi connectivity index (χ2v) is 5.12. The van der Waals surface area contributed by atoms with Crippen LogP contribution in [-0.4, -0.2) is 36.5 Å². The van der Waals surface area contributed by atoms with E-state index in [1.54, 1.807) is 0 Å². The number of nitrogens with one attached hydrogen (secondary N) is 1. The minimum Gasteiger partial charge on any atom is -0.333 e. The molecule has 1 fully saturated rings. The van der Waals surface area contributed by atoms with Crippen LogP contribution in [0.2, 0.25) is 0 Å². The Kier molecular flexibility index (Phi) is 5.70. The highest BCUT2D eigenvalue weighted by Crippen LogP contribution is 2.23. The molecule has 1 amide bonds. The molecule has 2 rings (SSSR count). The molecule has 0 spiro atoms. The van der Waals surface area contributed by atoms with Gasteiger partial charge >= 0.3 is 0 Å². The van der Waals surface area contributed by atoms with E-state index in [-0.39, 0.29) is 22.9 Å². The van der Waals surface area contributed by atoms with Crippen molar-refractivity contribution in [2.75, 3.05) is 19.6 Å². The number of halogens is 4. The molecule has 0 unspecified atom stereocenters. The smallest absolute Gasteiger partial charge is 0.260 e. The lowest BCUT2D eigenvalue weighted by Crippen LogP contribution is -2.52. The van der Waals surface area contributed by atoms with E-state index < -0.39 is 23.1 Å². The first-order valence-corrected chi connectivity index (χ1v) is 6.47. The van der Waals surface area contributed by atoms with Gasteiger partial charge in [0, 0.05) is 25.7 Å². The van der Waals surface area contributed by atoms with Gasteiger partial charge in [-0.25, -0.2) is 8.78 Å². The zero-order chi connectivity index (χ0) is 13.3. The lowest BCUT2D eigenvalue weighted by atomic mass is 10.1. The van der Waals surface area contributed by atoms with Crippen LogP contribution in [0.3, 0.4) is 0 Å². The summed E-state index contributed by atoms with van der Waals surface area (Å²) in [6, 6.07) is 2.26. The van der Waals surface area contributed by atoms with E-state index in [1.807, 2.05) is 6.92 Å². The van der Waals surface area contributed by atoms with Crippen molar-refractivity contribution >= 4 is 34.2 Å². The average molecular weight is 356 g/mol. The van der Waals surface area contributed by atoms with Gasteiger partial charge in [-0.05, 0) is 35.0 Å². The molecule has 19 heavy (non-hydrogen) atoms. The Morgan fingerprint density at radius 3 is 2.79 bits per heavy atom. The maximum absolute atomic E-state index is 13.8. The SMILES string of the molecule is C[C@@H]1CNCCN1C(=O)c1c(F)ccc(Br)c1F.Cl. The van der Waals surface area contributed by atoms with Crippen molar-refractivity contribution in [3.8, 4) is 0 Å². The summed E-state index contributed by atoms with van der Waals surface area (Å²) in [5.41, 5.74) is -0.488. The molecule has 1 N–H and O–H groups in total. The third kappa shape index (κ3) is 3.24. The second kappa shape index (κ2) is 6.63. The quantitative estimate of drug-likeness (QED) is 0.785. The highest BCUT2D eigenvalue weighted by Gasteiger charge is 2.29. The lowest BCUT2D eigenvalue weighted by molar-refractivity contribution is 0.0645. The summed E-state index contributed by atoms with van der Waals surface area (Å²) in [4.78, 5) is 13.7. The van der Waals surface area contributed by atoms with E-state index >= 15 is 0 Å². The third-order valence-corrected chi connectivity index (χ3v) is 3.63. The Hall–Kier alpha value is -0.720. The molecule has 1 aliphatic heterocycles. The molecule has 0 saturated carbocycles. The predicted octanol–water partition coefficient (Wildman–Crippen LogP) is 2.58. The number of hydrogen-bond acceptors (Lipinski definition) is 2. The van der Waals surface area contributed by atoms with Crippen LogP contribution < -0.4 is 5.32 Å². The number of rotatable bonds is 1. The zero-order valence-electron chi connectivity index (χ0n) is 10.3. The van der Waals surface area contributed by atoms with Crippen molar-refractivity contribution < 1.29 is 13.6 Å². The number of piperazine rings is 1. The standard InChI is InChI=1S/C12H13BrF2N2O.ClH/c1-7-6-16-4-5-17(7)12(18)10-9(14)3-2-8(13)11(10)15;/h2-3,7,16H,4-6H2,1H3;1H/t7-;/m1./s1. The Labute approximate surface area is 124 Å². The lowest BCUT2D eigenvalue weighted by Gasteiger charge is -2.34. The highest BCUT2D eigenvalue weighted by molar-refractivity contribution is 9.10. The van der Waals surface area contributed by atoms with Crippen LogP contribution in [0.15, 0.2) is 16.6 Å². The summed E-state index contributed by atoms with van der Waals surface area (Å²) in [7, 11) is 0. The van der Waals surface area contributed by atoms with Gasteiger partial charge in [0.25, 0.3) is 5.91 Å². The maximum Gasteiger partial charge on any atom is 0.260 e. The largest absolute Gasteiger partial charge is 0.333 e. The zero-order valence-corrected chi connectivity index (χ0v) is 12.7. The Balaban J connectivity index is 0.00000180. The van der Waals surface area contributed by atoms with E-state index in [0.717, 1.165) is 6.07 Å². The summed E-state index contributed by atoms with van der Waals surface area (Å²) in [5, 5.41) is 3.12. The number of carbonyl (C=O) groups is 1. The van der Waals surface area contributed by atoms with Crippen LogP contribution >= 0.6 is 28.3 Å². The average Bonchev–Trinajstić information content (AvgIpc) is 2.35. The van der Waals surface area contributed by atoms with E-state index in [4.69, 9.17) is 0 Å². The van der Waals surface area contributed by atoms with Crippen molar-refractivity contribution in [1.29, 1.82) is 0 Å². The summed E-state index contributed by atoms with van der Waals surface area (Å²) in [5.74, 6) is -2.27. The first-order valence-electron chi connectivity index (χ1n) is 5.67. The van der Waals surface area contributed by atoms with Crippen LogP contribution in [0.1, 0.15) is 17.3 Å². The van der Waals surface area contributed by atoms with Crippen molar-refractivity contribution in [3.05, 3.63) is 33.8 Å². The number of amides is 1. The Bertz CT molecular complexity index is 487. The molecule has 7 heteroatoms. The van der Waals surface area contributed by atoms with Crippen molar-refractivity contribution in [2.45, 2.75) is 13.0 Å². The summed E-state index contributed by atoms with van der Waals surface area (Å²) in [6.07, 6.45) is 0. The van der Waals surface area contributed by atoms with E-state index in [9.17, 15) is 13.6 Å². The van der Waals surface area contributed by atoms with Gasteiger partial charge in [-0.2, -0.15) is 0 Å². The molecule has 0 aromatic heterocycles. The monoisotopic (exact) mass is 354 g/mol. The number of benzene rings is 1. The molecule has 1 aromatic rings. The minimum atomic E-state index is -0.842. The molecule has 1 saturated heterocycles. The summed E-state index contributed by atoms with van der Waals surface area (Å²) in [6.45, 7) is 3.56. The molecular formula is C12H14BrClF2N2O. The maximum atomic E-state index is 13.8. The topological polar surface area (TPSA) is 32.3 Å². The van der Waals surface area contributed by atoms with Crippen LogP contribution in [-0.2, 0) is 0 Å². The molecular weight excluding hydrogens is 341 g/mol. The minimum absolute atomic E-state index is 0. The van der Waals surface area contributed by atoms with Crippen molar-refractivity contribution in [2.24, 2.45) is 0 Å². The van der Waals surface area contributed by atoms with Crippen molar-refractivity contribution in [3.63, 3.8) is 0 Å². The Morgan fingerprint density at radius 2 is 2.16 bits per heavy atom. The van der Waals surface area contributed by atoms with Gasteiger partial charge in [-0.1, -0.05) is 0 Å². The number of hydrogen-bond donors (Lipinski definition) is 1. The molecule has 0 radical (unpaired) electrons. The van der Waals surface area contributed by atoms with Gasteiger partial charge in [0.2, 0.25) is 0 Å². The first-order chi connectivity index (χ1) is 8.52. The molecule has 1 atom stereocenters. The number of nitrogens with zero attached hydrogens (tertiary/aromatic N) is 1. The van der Waals surface area contributed by atoms with Crippen LogP contribution in [0, 0.1) is 11.6 Å². The van der Waals surface area contributed by atoms with E-state index in [1.165, 1.54) is 11.0 Å². The van der Waals surface area contributed by atoms with Crippen LogP contribution in [0.5, 0.6) is 0 Å². The fourth-order valence-electron chi connectivity index (χ4n) is 2.01. The van der Waals surface area contributed by atoms with Gasteiger partial charge in [-0.3, -0.25) is 4.79 Å². The first kappa shape index (κ1) is 16.3. The fourth-order valence-corrected chi connectivity index (χ4v) is 2.34. The van der Waals surface area contributed by atoms with Gasteiger partial charge in [0.15, 0.2) is 5.82 Å². The fraction of sp³-hybridized carbons (Fsp3) is 0.417. The van der Waals surface area contributed by atoms with Crippen LogP contribution in [0.25, 0.3) is 0 Å². The molecule has 3 nitrogen and oxygen atoms in total. The van der Waals surface area contributed by atoms with Gasteiger partial charge < -0.3 is 10.2 Å². The van der Waals surface area contributed by atoms with E-state index in [0.29, 0.717) is 19.6 Å². The molecule has 106 valence electrons. The number of carbonyl (C=O) groups excluding carboxylic acids is 1. The second-order valence-electron chi connectivity index (χ2n) is 4.27. The third-order valence-electron chi connectivity index (χ3n) is 3.02. The van der Waals surface area contributed by atoms with Crippen LogP contribution in [0.4, 0.5) is 8.78 Å². The van der Waals surface area contributed by atoms with Gasteiger partial charge in [0.05, 0.1) is 4.47 Å². The van der Waals surface area contributed by atoms with E-state index in [2.05, 4.69) is 21.2 Å². The molecule has 1 aromatic carbocycles. The molecule has 1 aliphatic rings. The summed E-state index contributed by atoms with van der Waals surface area (Å²) >= 11 is 2.96. The van der Waals surface area contributed by atoms with Crippen molar-refractivity contribution in [1.82, 2.24) is 10.2 Å². The van der Waals surface area contributed by atoms with Gasteiger partial charge in [-0.15, -0.1) is 12.4 Å². The molecule has 0 aliphatic carbocycles.